The molecule has 2 N–H and O–H groups in total. The summed E-state index contributed by atoms with van der Waals surface area (Å²) in [4.78, 5) is 0. The van der Waals surface area contributed by atoms with Crippen LogP contribution in [0.25, 0.3) is 0 Å². The number of aliphatic hydroxyl groups is 1. The van der Waals surface area contributed by atoms with Crippen LogP contribution in [0.3, 0.4) is 0 Å². The highest BCUT2D eigenvalue weighted by Crippen LogP contribution is 2.06. The van der Waals surface area contributed by atoms with Crippen molar-refractivity contribution in [3.63, 3.8) is 0 Å². The summed E-state index contributed by atoms with van der Waals surface area (Å²) < 4.78 is 5.53. The quantitative estimate of drug-likeness (QED) is 0.657. The molecule has 1 unspecified atom stereocenters. The largest absolute Gasteiger partial charge is 0.394 e. The van der Waals surface area contributed by atoms with E-state index >= 15 is 0 Å². The molecule has 0 aromatic carbocycles. The molecule has 3 heteroatoms. The zero-order valence-electron chi connectivity index (χ0n) is 10.1. The van der Waals surface area contributed by atoms with Gasteiger partial charge in [-0.15, -0.1) is 0 Å². The zero-order chi connectivity index (χ0) is 11.2. The maximum Gasteiger partial charge on any atom is 0.0668 e. The predicted molar refractivity (Wildman–Crippen MR) is 59.4 cm³/mol. The molecule has 0 radical (unpaired) electrons. The highest BCUT2D eigenvalue weighted by molar-refractivity contribution is 4.83. The van der Waals surface area contributed by atoms with Gasteiger partial charge in [0.25, 0.3) is 0 Å². The molecule has 0 aliphatic heterocycles. The SMILES string of the molecule is CC(C)COCC(C)(CO)NC(C)C. The molecule has 0 bridgehead atoms. The van der Waals surface area contributed by atoms with E-state index in [1.807, 2.05) is 6.92 Å². The molecule has 0 aromatic heterocycles. The smallest absolute Gasteiger partial charge is 0.0668 e. The van der Waals surface area contributed by atoms with Crippen molar-refractivity contribution in [1.82, 2.24) is 5.32 Å². The molecule has 14 heavy (non-hydrogen) atoms. The van der Waals surface area contributed by atoms with E-state index in [0.717, 1.165) is 6.61 Å². The van der Waals surface area contributed by atoms with Crippen LogP contribution in [-0.2, 0) is 4.74 Å². The van der Waals surface area contributed by atoms with Gasteiger partial charge in [0.1, 0.15) is 0 Å². The van der Waals surface area contributed by atoms with Crippen LogP contribution in [0.15, 0.2) is 0 Å². The van der Waals surface area contributed by atoms with Gasteiger partial charge in [-0.2, -0.15) is 0 Å². The molecule has 0 saturated heterocycles. The second-order valence-corrected chi connectivity index (χ2v) is 4.93. The molecule has 0 aliphatic carbocycles. The third kappa shape index (κ3) is 6.35. The minimum atomic E-state index is -0.316. The normalized spacial score (nSPS) is 16.3. The lowest BCUT2D eigenvalue weighted by Crippen LogP contribution is -2.52. The summed E-state index contributed by atoms with van der Waals surface area (Å²) in [5.74, 6) is 0.539. The molecule has 86 valence electrons. The lowest BCUT2D eigenvalue weighted by Gasteiger charge is -2.31. The van der Waals surface area contributed by atoms with Crippen LogP contribution in [0.5, 0.6) is 0 Å². The Bertz CT molecular complexity index is 148. The Balaban J connectivity index is 3.86. The lowest BCUT2D eigenvalue weighted by atomic mass is 10.0. The summed E-state index contributed by atoms with van der Waals surface area (Å²) in [6, 6.07) is 0.356. The first kappa shape index (κ1) is 13.9. The van der Waals surface area contributed by atoms with E-state index in [-0.39, 0.29) is 12.1 Å². The number of hydrogen-bond donors (Lipinski definition) is 2. The number of nitrogens with one attached hydrogen (secondary N) is 1. The molecular weight excluding hydrogens is 178 g/mol. The summed E-state index contributed by atoms with van der Waals surface area (Å²) in [5, 5.41) is 12.6. The van der Waals surface area contributed by atoms with Gasteiger partial charge in [0.05, 0.1) is 18.8 Å². The first-order valence-electron chi connectivity index (χ1n) is 5.36. The van der Waals surface area contributed by atoms with Crippen molar-refractivity contribution in [3.8, 4) is 0 Å². The first-order valence-corrected chi connectivity index (χ1v) is 5.36. The van der Waals surface area contributed by atoms with Crippen molar-refractivity contribution in [2.75, 3.05) is 19.8 Å². The molecule has 0 rings (SSSR count). The van der Waals surface area contributed by atoms with E-state index in [1.165, 1.54) is 0 Å². The molecule has 0 amide bonds. The fourth-order valence-corrected chi connectivity index (χ4v) is 1.35. The molecule has 0 fully saturated rings. The molecule has 1 atom stereocenters. The van der Waals surface area contributed by atoms with Gasteiger partial charge in [-0.05, 0) is 12.8 Å². The summed E-state index contributed by atoms with van der Waals surface area (Å²) in [5.41, 5.74) is -0.316. The average molecular weight is 203 g/mol. The van der Waals surface area contributed by atoms with Crippen molar-refractivity contribution >= 4 is 0 Å². The maximum atomic E-state index is 9.26. The number of ether oxygens (including phenoxy) is 1. The second kappa shape index (κ2) is 6.38. The third-order valence-corrected chi connectivity index (χ3v) is 1.86. The average Bonchev–Trinajstić information content (AvgIpc) is 2.02. The highest BCUT2D eigenvalue weighted by atomic mass is 16.5. The minimum Gasteiger partial charge on any atom is -0.394 e. The van der Waals surface area contributed by atoms with Gasteiger partial charge in [0, 0.05) is 12.6 Å². The first-order chi connectivity index (χ1) is 6.39. The van der Waals surface area contributed by atoms with Gasteiger partial charge in [-0.25, -0.2) is 0 Å². The van der Waals surface area contributed by atoms with Crippen LogP contribution in [0.1, 0.15) is 34.6 Å². The van der Waals surface area contributed by atoms with Crippen LogP contribution in [-0.4, -0.2) is 36.5 Å². The van der Waals surface area contributed by atoms with Gasteiger partial charge in [-0.1, -0.05) is 27.7 Å². The van der Waals surface area contributed by atoms with E-state index < -0.39 is 0 Å². The van der Waals surface area contributed by atoms with E-state index in [0.29, 0.717) is 18.6 Å². The van der Waals surface area contributed by atoms with Crippen LogP contribution < -0.4 is 5.32 Å². The van der Waals surface area contributed by atoms with Crippen LogP contribution in [0.4, 0.5) is 0 Å². The van der Waals surface area contributed by atoms with E-state index in [2.05, 4.69) is 33.0 Å². The lowest BCUT2D eigenvalue weighted by molar-refractivity contribution is 0.0291. The van der Waals surface area contributed by atoms with E-state index in [9.17, 15) is 5.11 Å². The van der Waals surface area contributed by atoms with E-state index in [4.69, 9.17) is 4.74 Å². The Morgan fingerprint density at radius 3 is 2.21 bits per heavy atom. The molecule has 0 aliphatic rings. The molecule has 0 aromatic rings. The van der Waals surface area contributed by atoms with E-state index in [1.54, 1.807) is 0 Å². The molecule has 3 nitrogen and oxygen atoms in total. The van der Waals surface area contributed by atoms with Gasteiger partial charge >= 0.3 is 0 Å². The Hall–Kier alpha value is -0.120. The Morgan fingerprint density at radius 1 is 1.29 bits per heavy atom. The molecule has 0 spiro atoms. The third-order valence-electron chi connectivity index (χ3n) is 1.86. The topological polar surface area (TPSA) is 41.5 Å². The number of hydrogen-bond acceptors (Lipinski definition) is 3. The number of rotatable bonds is 7. The zero-order valence-corrected chi connectivity index (χ0v) is 10.1. The molecule has 0 heterocycles. The van der Waals surface area contributed by atoms with Crippen LogP contribution >= 0.6 is 0 Å². The molecular formula is C11H25NO2. The van der Waals surface area contributed by atoms with Crippen LogP contribution in [0.2, 0.25) is 0 Å². The summed E-state index contributed by atoms with van der Waals surface area (Å²) >= 11 is 0. The Kier molecular flexibility index (Phi) is 6.33. The Labute approximate surface area is 87.8 Å². The number of aliphatic hydroxyl groups excluding tert-OH is 1. The van der Waals surface area contributed by atoms with Gasteiger partial charge in [0.15, 0.2) is 0 Å². The standard InChI is InChI=1S/C11H25NO2/c1-9(2)6-14-8-11(5,7-13)12-10(3)4/h9-10,12-13H,6-8H2,1-5H3. The van der Waals surface area contributed by atoms with Crippen molar-refractivity contribution in [2.45, 2.75) is 46.2 Å². The monoisotopic (exact) mass is 203 g/mol. The van der Waals surface area contributed by atoms with Crippen molar-refractivity contribution < 1.29 is 9.84 Å². The second-order valence-electron chi connectivity index (χ2n) is 4.93. The van der Waals surface area contributed by atoms with Gasteiger partial charge < -0.3 is 15.2 Å². The summed E-state index contributed by atoms with van der Waals surface area (Å²) in [6.07, 6.45) is 0. The van der Waals surface area contributed by atoms with Gasteiger partial charge in [0.2, 0.25) is 0 Å². The van der Waals surface area contributed by atoms with Crippen molar-refractivity contribution in [1.29, 1.82) is 0 Å². The Morgan fingerprint density at radius 2 is 1.86 bits per heavy atom. The fourth-order valence-electron chi connectivity index (χ4n) is 1.35. The maximum absolute atomic E-state index is 9.26. The molecule has 0 saturated carbocycles. The van der Waals surface area contributed by atoms with Crippen molar-refractivity contribution in [3.05, 3.63) is 0 Å². The fraction of sp³-hybridized carbons (Fsp3) is 1.00. The highest BCUT2D eigenvalue weighted by Gasteiger charge is 2.24. The van der Waals surface area contributed by atoms with Gasteiger partial charge in [-0.3, -0.25) is 0 Å². The predicted octanol–water partition coefficient (Wildman–Crippen LogP) is 1.41. The van der Waals surface area contributed by atoms with Crippen LogP contribution in [0, 0.1) is 5.92 Å². The summed E-state index contributed by atoms with van der Waals surface area (Å²) in [7, 11) is 0. The van der Waals surface area contributed by atoms with Crippen molar-refractivity contribution in [2.24, 2.45) is 5.92 Å². The minimum absolute atomic E-state index is 0.100. The summed E-state index contributed by atoms with van der Waals surface area (Å²) in [6.45, 7) is 11.7.